The average molecular weight is 281 g/mol. The first-order chi connectivity index (χ1) is 8.14. The predicted molar refractivity (Wildman–Crippen MR) is 54.2 cm³/mol. The average Bonchev–Trinajstić information content (AvgIpc) is 2.13. The Morgan fingerprint density at radius 2 is 1.50 bits per heavy atom. The van der Waals surface area contributed by atoms with Crippen LogP contribution < -0.4 is 5.32 Å². The van der Waals surface area contributed by atoms with Gasteiger partial charge >= 0.3 is 12.4 Å². The third-order valence-electron chi connectivity index (χ3n) is 2.22. The molecular weight excluding hydrogens is 264 g/mol. The van der Waals surface area contributed by atoms with E-state index in [-0.39, 0.29) is 13.2 Å². The molecule has 110 valence electrons. The Labute approximate surface area is 102 Å². The summed E-state index contributed by atoms with van der Waals surface area (Å²) in [5, 5.41) is 2.19. The van der Waals surface area contributed by atoms with Gasteiger partial charge in [0.1, 0.15) is 0 Å². The molecule has 0 aromatic heterocycles. The van der Waals surface area contributed by atoms with Crippen molar-refractivity contribution in [2.75, 3.05) is 19.8 Å². The van der Waals surface area contributed by atoms with E-state index < -0.39 is 30.9 Å². The van der Waals surface area contributed by atoms with E-state index >= 15 is 0 Å². The maximum Gasteiger partial charge on any atom is 0.402 e. The number of hydrogen-bond donors (Lipinski definition) is 1. The molecule has 0 fully saturated rings. The van der Waals surface area contributed by atoms with Crippen LogP contribution in [-0.2, 0) is 4.74 Å². The lowest BCUT2D eigenvalue weighted by molar-refractivity contribution is -0.294. The van der Waals surface area contributed by atoms with Gasteiger partial charge in [-0.1, -0.05) is 13.8 Å². The van der Waals surface area contributed by atoms with E-state index in [1.54, 1.807) is 6.92 Å². The number of alkyl halides is 6. The minimum atomic E-state index is -5.35. The third kappa shape index (κ3) is 5.90. The van der Waals surface area contributed by atoms with Crippen molar-refractivity contribution in [3.05, 3.63) is 0 Å². The number of nitrogens with one attached hydrogen (secondary N) is 1. The number of likely N-dealkylation sites (N-methyl/N-ethyl adjacent to an activating group) is 1. The normalized spacial score (nSPS) is 15.2. The van der Waals surface area contributed by atoms with Crippen molar-refractivity contribution in [1.82, 2.24) is 5.32 Å². The number of ether oxygens (including phenoxy) is 1. The third-order valence-corrected chi connectivity index (χ3v) is 2.22. The molecule has 1 N–H and O–H groups in total. The van der Waals surface area contributed by atoms with Crippen molar-refractivity contribution in [2.45, 2.75) is 38.7 Å². The highest BCUT2D eigenvalue weighted by Gasteiger charge is 2.60. The van der Waals surface area contributed by atoms with Crippen molar-refractivity contribution in [3.8, 4) is 0 Å². The van der Waals surface area contributed by atoms with Gasteiger partial charge in [-0.2, -0.15) is 26.3 Å². The summed E-state index contributed by atoms with van der Waals surface area (Å²) in [6, 6.07) is -1.82. The Kier molecular flexibility index (Phi) is 6.98. The summed E-state index contributed by atoms with van der Waals surface area (Å²) in [7, 11) is 0. The van der Waals surface area contributed by atoms with Crippen LogP contribution in [0.4, 0.5) is 26.3 Å². The first-order valence-corrected chi connectivity index (χ1v) is 5.59. The van der Waals surface area contributed by atoms with E-state index in [4.69, 9.17) is 4.74 Å². The molecule has 0 aliphatic rings. The van der Waals surface area contributed by atoms with Gasteiger partial charge in [-0.05, 0) is 13.0 Å². The second kappa shape index (κ2) is 7.18. The molecule has 0 amide bonds. The van der Waals surface area contributed by atoms with Gasteiger partial charge < -0.3 is 10.1 Å². The number of halogens is 6. The minimum absolute atomic E-state index is 0.00279. The van der Waals surface area contributed by atoms with Gasteiger partial charge in [0.2, 0.25) is 0 Å². The Morgan fingerprint density at radius 3 is 1.83 bits per heavy atom. The molecule has 2 nitrogen and oxygen atoms in total. The van der Waals surface area contributed by atoms with Gasteiger partial charge in [0, 0.05) is 6.61 Å². The molecule has 0 bridgehead atoms. The fourth-order valence-electron chi connectivity index (χ4n) is 1.53. The van der Waals surface area contributed by atoms with Gasteiger partial charge in [-0.25, -0.2) is 0 Å². The van der Waals surface area contributed by atoms with Crippen molar-refractivity contribution < 1.29 is 31.1 Å². The molecule has 0 radical (unpaired) electrons. The van der Waals surface area contributed by atoms with Crippen molar-refractivity contribution >= 4 is 0 Å². The van der Waals surface area contributed by atoms with Gasteiger partial charge in [-0.3, -0.25) is 0 Å². The number of rotatable bonds is 7. The molecule has 18 heavy (non-hydrogen) atoms. The van der Waals surface area contributed by atoms with Crippen LogP contribution >= 0.6 is 0 Å². The summed E-state index contributed by atoms with van der Waals surface area (Å²) in [6.07, 6.45) is -10.2. The van der Waals surface area contributed by atoms with E-state index in [9.17, 15) is 26.3 Å². The van der Waals surface area contributed by atoms with Crippen LogP contribution in [0.25, 0.3) is 0 Å². The predicted octanol–water partition coefficient (Wildman–Crippen LogP) is 3.13. The van der Waals surface area contributed by atoms with Crippen molar-refractivity contribution in [3.63, 3.8) is 0 Å². The van der Waals surface area contributed by atoms with E-state index in [0.717, 1.165) is 0 Å². The highest BCUT2D eigenvalue weighted by atomic mass is 19.4. The summed E-state index contributed by atoms with van der Waals surface area (Å²) < 4.78 is 79.7. The van der Waals surface area contributed by atoms with Crippen LogP contribution in [-0.4, -0.2) is 38.2 Å². The zero-order valence-corrected chi connectivity index (χ0v) is 10.2. The lowest BCUT2D eigenvalue weighted by atomic mass is 9.99. The topological polar surface area (TPSA) is 21.3 Å². The quantitative estimate of drug-likeness (QED) is 0.572. The summed E-state index contributed by atoms with van der Waals surface area (Å²) >= 11 is 0. The number of hydrogen-bond acceptors (Lipinski definition) is 2. The lowest BCUT2D eigenvalue weighted by Crippen LogP contribution is -2.53. The molecule has 0 aliphatic heterocycles. The van der Waals surface area contributed by atoms with E-state index in [1.807, 2.05) is 0 Å². The highest BCUT2D eigenvalue weighted by Crippen LogP contribution is 2.41. The maximum absolute atomic E-state index is 12.5. The maximum atomic E-state index is 12.5. The van der Waals surface area contributed by atoms with Crippen LogP contribution in [0.3, 0.4) is 0 Å². The molecule has 0 saturated heterocycles. The van der Waals surface area contributed by atoms with Crippen molar-refractivity contribution in [2.24, 2.45) is 5.92 Å². The minimum Gasteiger partial charge on any atom is -0.380 e. The molecule has 0 saturated carbocycles. The Bertz CT molecular complexity index is 213. The SMILES string of the molecule is CCCOCC(NCC)C(C(F)(F)F)C(F)(F)F. The second-order valence-electron chi connectivity index (χ2n) is 3.80. The molecule has 0 spiro atoms. The molecule has 0 rings (SSSR count). The molecule has 0 heterocycles. The van der Waals surface area contributed by atoms with Gasteiger partial charge in [-0.15, -0.1) is 0 Å². The van der Waals surface area contributed by atoms with Crippen LogP contribution in [0.5, 0.6) is 0 Å². The highest BCUT2D eigenvalue weighted by molar-refractivity contribution is 4.87. The van der Waals surface area contributed by atoms with E-state index in [0.29, 0.717) is 6.42 Å². The summed E-state index contributed by atoms with van der Waals surface area (Å²) in [5.74, 6) is -3.41. The molecule has 0 aliphatic carbocycles. The fraction of sp³-hybridized carbons (Fsp3) is 1.00. The zero-order chi connectivity index (χ0) is 14.4. The van der Waals surface area contributed by atoms with E-state index in [1.165, 1.54) is 6.92 Å². The summed E-state index contributed by atoms with van der Waals surface area (Å²) in [6.45, 7) is 2.67. The Morgan fingerprint density at radius 1 is 1.00 bits per heavy atom. The second-order valence-corrected chi connectivity index (χ2v) is 3.80. The smallest absolute Gasteiger partial charge is 0.380 e. The largest absolute Gasteiger partial charge is 0.402 e. The van der Waals surface area contributed by atoms with E-state index in [2.05, 4.69) is 5.32 Å². The Hall–Kier alpha value is -0.500. The van der Waals surface area contributed by atoms with Crippen LogP contribution in [0, 0.1) is 5.92 Å². The first kappa shape index (κ1) is 17.5. The zero-order valence-electron chi connectivity index (χ0n) is 10.2. The molecule has 8 heteroatoms. The Balaban J connectivity index is 4.87. The van der Waals surface area contributed by atoms with Gasteiger partial charge in [0.15, 0.2) is 5.92 Å². The molecule has 0 aromatic carbocycles. The lowest BCUT2D eigenvalue weighted by Gasteiger charge is -2.31. The van der Waals surface area contributed by atoms with Gasteiger partial charge in [0.25, 0.3) is 0 Å². The van der Waals surface area contributed by atoms with Gasteiger partial charge in [0.05, 0.1) is 12.6 Å². The van der Waals surface area contributed by atoms with Crippen molar-refractivity contribution in [1.29, 1.82) is 0 Å². The molecule has 1 unspecified atom stereocenters. The summed E-state index contributed by atoms with van der Waals surface area (Å²) in [5.41, 5.74) is 0. The van der Waals surface area contributed by atoms with Crippen LogP contribution in [0.15, 0.2) is 0 Å². The standard InChI is InChI=1S/C10H17F6NO/c1-3-5-18-6-7(17-4-2)8(9(11,12)13)10(14,15)16/h7-8,17H,3-6H2,1-2H3. The fourth-order valence-corrected chi connectivity index (χ4v) is 1.53. The summed E-state index contributed by atoms with van der Waals surface area (Å²) in [4.78, 5) is 0. The van der Waals surface area contributed by atoms with Crippen LogP contribution in [0.1, 0.15) is 20.3 Å². The molecule has 1 atom stereocenters. The monoisotopic (exact) mass is 281 g/mol. The van der Waals surface area contributed by atoms with Crippen LogP contribution in [0.2, 0.25) is 0 Å². The molecular formula is C10H17F6NO. The first-order valence-electron chi connectivity index (χ1n) is 5.59. The molecule has 0 aromatic rings.